The van der Waals surface area contributed by atoms with Gasteiger partial charge in [0.15, 0.2) is 0 Å². The number of urea groups is 1. The van der Waals surface area contributed by atoms with Gasteiger partial charge in [-0.05, 0) is 42.3 Å². The first-order valence-corrected chi connectivity index (χ1v) is 16.6. The lowest BCUT2D eigenvalue weighted by molar-refractivity contribution is -0.145. The summed E-state index contributed by atoms with van der Waals surface area (Å²) in [5, 5.41) is 0.989. The average Bonchev–Trinajstić information content (AvgIpc) is 3.49. The van der Waals surface area contributed by atoms with E-state index in [1.165, 1.54) is 4.90 Å². The number of hydrogen-bond donors (Lipinski definition) is 0. The molecule has 4 heterocycles. The Labute approximate surface area is 291 Å². The van der Waals surface area contributed by atoms with Crippen molar-refractivity contribution in [3.05, 3.63) is 87.3 Å². The van der Waals surface area contributed by atoms with Gasteiger partial charge in [-0.3, -0.25) is 19.6 Å². The summed E-state index contributed by atoms with van der Waals surface area (Å²) in [6.45, 7) is 5.47. The van der Waals surface area contributed by atoms with E-state index in [0.717, 1.165) is 11.8 Å². The molecule has 0 aliphatic carbocycles. The molecule has 2 fully saturated rings. The minimum Gasteiger partial charge on any atom is -0.477 e. The summed E-state index contributed by atoms with van der Waals surface area (Å²) >= 11 is 12.5. The molecular weight excluding hydrogens is 686 g/mol. The molecule has 0 saturated carbocycles. The van der Waals surface area contributed by atoms with E-state index in [9.17, 15) is 22.8 Å². The Balaban J connectivity index is 1.37. The van der Waals surface area contributed by atoms with Crippen LogP contribution in [0.5, 0.6) is 5.88 Å². The second-order valence-electron chi connectivity index (χ2n) is 11.7. The van der Waals surface area contributed by atoms with E-state index in [2.05, 4.69) is 9.97 Å². The second-order valence-corrected chi connectivity index (χ2v) is 12.6. The summed E-state index contributed by atoms with van der Waals surface area (Å²) in [5.74, 6) is -1.65. The molecule has 0 unspecified atom stereocenters. The first-order chi connectivity index (χ1) is 23.5. The van der Waals surface area contributed by atoms with E-state index >= 15 is 0 Å². The number of benzene rings is 2. The van der Waals surface area contributed by atoms with Crippen molar-refractivity contribution in [2.45, 2.75) is 25.2 Å². The second kappa shape index (κ2) is 14.9. The van der Waals surface area contributed by atoms with E-state index in [4.69, 9.17) is 37.7 Å². The van der Waals surface area contributed by atoms with E-state index in [-0.39, 0.29) is 36.3 Å². The summed E-state index contributed by atoms with van der Waals surface area (Å²) in [6, 6.07) is 12.1. The SMILES string of the molecule is CCOc1nc(C(F)(F)F)ncc1C1=N[C@@H](c2ccc(Cl)cc2)[C@@H](c2ccc(Cl)cc2)N1C(=O)N1CCN(CC(=O)N2CCOCC2)CC1. The number of rotatable bonds is 7. The zero-order valence-electron chi connectivity index (χ0n) is 26.6. The number of morpholine rings is 1. The molecule has 0 spiro atoms. The maximum atomic E-state index is 14.7. The number of halogens is 5. The number of carbonyl (C=O) groups excluding carboxylic acids is 2. The fourth-order valence-corrected chi connectivity index (χ4v) is 6.36. The smallest absolute Gasteiger partial charge is 0.451 e. The molecule has 2 atom stereocenters. The summed E-state index contributed by atoms with van der Waals surface area (Å²) in [4.78, 5) is 46.8. The third kappa shape index (κ3) is 7.77. The molecule has 16 heteroatoms. The Morgan fingerprint density at radius 3 is 2.10 bits per heavy atom. The van der Waals surface area contributed by atoms with Gasteiger partial charge in [0, 0.05) is 55.5 Å². The molecule has 49 heavy (non-hydrogen) atoms. The summed E-state index contributed by atoms with van der Waals surface area (Å²) < 4.78 is 52.0. The molecule has 3 amide bonds. The first-order valence-electron chi connectivity index (χ1n) is 15.9. The highest BCUT2D eigenvalue weighted by molar-refractivity contribution is 6.30. The molecule has 6 rings (SSSR count). The van der Waals surface area contributed by atoms with Crippen LogP contribution in [0.25, 0.3) is 0 Å². The lowest BCUT2D eigenvalue weighted by Gasteiger charge is -2.39. The highest BCUT2D eigenvalue weighted by Gasteiger charge is 2.46. The highest BCUT2D eigenvalue weighted by atomic mass is 35.5. The molecular formula is C33H34Cl2F3N7O4. The van der Waals surface area contributed by atoms with Crippen LogP contribution < -0.4 is 4.74 Å². The largest absolute Gasteiger partial charge is 0.477 e. The summed E-state index contributed by atoms with van der Waals surface area (Å²) in [7, 11) is 0. The number of hydrogen-bond acceptors (Lipinski definition) is 8. The molecule has 0 N–H and O–H groups in total. The zero-order chi connectivity index (χ0) is 34.7. The molecule has 11 nitrogen and oxygen atoms in total. The van der Waals surface area contributed by atoms with E-state index in [1.807, 2.05) is 4.90 Å². The molecule has 2 aromatic carbocycles. The van der Waals surface area contributed by atoms with Crippen LogP contribution in [0.1, 0.15) is 41.5 Å². The van der Waals surface area contributed by atoms with Gasteiger partial charge in [0.25, 0.3) is 0 Å². The van der Waals surface area contributed by atoms with Gasteiger partial charge in [-0.15, -0.1) is 0 Å². The van der Waals surface area contributed by atoms with Crippen molar-refractivity contribution < 1.29 is 32.2 Å². The van der Waals surface area contributed by atoms with Crippen LogP contribution in [0.4, 0.5) is 18.0 Å². The number of aliphatic imine (C=N–C) groups is 1. The monoisotopic (exact) mass is 719 g/mol. The number of carbonyl (C=O) groups is 2. The Morgan fingerprint density at radius 1 is 0.898 bits per heavy atom. The molecule has 3 aliphatic heterocycles. The van der Waals surface area contributed by atoms with Crippen LogP contribution in [0, 0.1) is 0 Å². The molecule has 0 radical (unpaired) electrons. The van der Waals surface area contributed by atoms with Crippen molar-refractivity contribution in [1.82, 2.24) is 29.6 Å². The third-order valence-corrected chi connectivity index (χ3v) is 9.09. The highest BCUT2D eigenvalue weighted by Crippen LogP contribution is 2.45. The van der Waals surface area contributed by atoms with Crippen molar-refractivity contribution in [3.63, 3.8) is 0 Å². The number of amidine groups is 1. The van der Waals surface area contributed by atoms with Gasteiger partial charge in [0.1, 0.15) is 11.9 Å². The minimum absolute atomic E-state index is 0.00882. The van der Waals surface area contributed by atoms with Gasteiger partial charge >= 0.3 is 12.2 Å². The predicted molar refractivity (Wildman–Crippen MR) is 176 cm³/mol. The van der Waals surface area contributed by atoms with Crippen molar-refractivity contribution >= 4 is 41.0 Å². The quantitative estimate of drug-likeness (QED) is 0.325. The Bertz CT molecular complexity index is 1680. The molecule has 2 saturated heterocycles. The van der Waals surface area contributed by atoms with Crippen molar-refractivity contribution in [3.8, 4) is 5.88 Å². The van der Waals surface area contributed by atoms with Gasteiger partial charge in [0.2, 0.25) is 17.6 Å². The third-order valence-electron chi connectivity index (χ3n) is 8.59. The van der Waals surface area contributed by atoms with Gasteiger partial charge in [-0.25, -0.2) is 9.78 Å². The lowest BCUT2D eigenvalue weighted by Crippen LogP contribution is -2.56. The number of nitrogens with zero attached hydrogens (tertiary/aromatic N) is 7. The Hall–Kier alpha value is -3.98. The molecule has 3 aromatic rings. The van der Waals surface area contributed by atoms with Crippen molar-refractivity contribution in [2.75, 3.05) is 65.6 Å². The van der Waals surface area contributed by atoms with Crippen LogP contribution in [-0.2, 0) is 15.7 Å². The zero-order valence-corrected chi connectivity index (χ0v) is 28.1. The predicted octanol–water partition coefficient (Wildman–Crippen LogP) is 5.34. The number of piperazine rings is 1. The molecule has 1 aromatic heterocycles. The number of amides is 3. The van der Waals surface area contributed by atoms with Gasteiger partial charge in [-0.2, -0.15) is 18.2 Å². The van der Waals surface area contributed by atoms with Gasteiger partial charge in [0.05, 0.1) is 38.0 Å². The van der Waals surface area contributed by atoms with Gasteiger partial charge in [-0.1, -0.05) is 47.5 Å². The van der Waals surface area contributed by atoms with E-state index in [1.54, 1.807) is 65.3 Å². The van der Waals surface area contributed by atoms with Crippen LogP contribution in [-0.4, -0.2) is 113 Å². The van der Waals surface area contributed by atoms with E-state index < -0.39 is 30.1 Å². The number of aromatic nitrogens is 2. The average molecular weight is 721 g/mol. The van der Waals surface area contributed by atoms with Crippen molar-refractivity contribution in [1.29, 1.82) is 0 Å². The molecule has 3 aliphatic rings. The molecule has 260 valence electrons. The fraction of sp³-hybridized carbons (Fsp3) is 0.424. The standard InChI is InChI=1S/C33H34Cl2F3N7O4/c1-2-49-30-25(19-39-31(41-30)33(36,37)38)29-40-27(21-3-7-23(34)8-4-21)28(22-5-9-24(35)10-6-22)45(29)32(47)44-13-11-42(12-14-44)20-26(46)43-15-17-48-18-16-43/h3-10,19,27-28H,2,11-18,20H2,1H3/t27-,28+/m0/s1. The van der Waals surface area contributed by atoms with Gasteiger partial charge < -0.3 is 19.3 Å². The lowest BCUT2D eigenvalue weighted by atomic mass is 9.94. The van der Waals surface area contributed by atoms with Crippen LogP contribution in [0.15, 0.2) is 59.7 Å². The number of alkyl halides is 3. The summed E-state index contributed by atoms with van der Waals surface area (Å²) in [5.41, 5.74) is 1.44. The number of ether oxygens (including phenoxy) is 2. The maximum absolute atomic E-state index is 14.7. The van der Waals surface area contributed by atoms with Crippen LogP contribution in [0.3, 0.4) is 0 Å². The fourth-order valence-electron chi connectivity index (χ4n) is 6.11. The maximum Gasteiger partial charge on any atom is 0.451 e. The minimum atomic E-state index is -4.82. The Morgan fingerprint density at radius 2 is 1.51 bits per heavy atom. The summed E-state index contributed by atoms with van der Waals surface area (Å²) in [6.07, 6.45) is -3.82. The Kier molecular flexibility index (Phi) is 10.6. The molecule has 0 bridgehead atoms. The topological polar surface area (TPSA) is 104 Å². The van der Waals surface area contributed by atoms with Crippen molar-refractivity contribution in [2.24, 2.45) is 4.99 Å². The van der Waals surface area contributed by atoms with E-state index in [0.29, 0.717) is 68.1 Å². The first kappa shape index (κ1) is 34.9. The van der Waals surface area contributed by atoms with Crippen LogP contribution in [0.2, 0.25) is 10.0 Å². The normalized spacial score (nSPS) is 20.4. The van der Waals surface area contributed by atoms with Crippen LogP contribution >= 0.6 is 23.2 Å².